The van der Waals surface area contributed by atoms with Crippen LogP contribution in [-0.2, 0) is 20.9 Å². The first-order valence-corrected chi connectivity index (χ1v) is 8.71. The number of aliphatic carboxylic acids is 1. The molecule has 1 N–H and O–H groups in total. The van der Waals surface area contributed by atoms with Crippen LogP contribution in [0.5, 0.6) is 0 Å². The highest BCUT2D eigenvalue weighted by Gasteiger charge is 2.47. The van der Waals surface area contributed by atoms with Gasteiger partial charge in [-0.2, -0.15) is 0 Å². The largest absolute Gasteiger partial charge is 0.480 e. The zero-order valence-corrected chi connectivity index (χ0v) is 15.6. The molecule has 0 bridgehead atoms. The molecule has 3 atom stereocenters. The molecule has 0 spiro atoms. The summed E-state index contributed by atoms with van der Waals surface area (Å²) >= 11 is 0. The van der Waals surface area contributed by atoms with E-state index in [0.717, 1.165) is 5.56 Å². The van der Waals surface area contributed by atoms with Gasteiger partial charge in [0, 0.05) is 5.92 Å². The van der Waals surface area contributed by atoms with Gasteiger partial charge < -0.3 is 14.6 Å². The van der Waals surface area contributed by atoms with Gasteiger partial charge in [0.25, 0.3) is 0 Å². The predicted molar refractivity (Wildman–Crippen MR) is 97.7 cm³/mol. The molecule has 1 aromatic carbocycles. The van der Waals surface area contributed by atoms with Crippen LogP contribution in [0.2, 0.25) is 0 Å². The van der Waals surface area contributed by atoms with Crippen LogP contribution >= 0.6 is 0 Å². The molecule has 1 aromatic rings. The maximum absolute atomic E-state index is 12.5. The van der Waals surface area contributed by atoms with Gasteiger partial charge in [0.15, 0.2) is 0 Å². The van der Waals surface area contributed by atoms with E-state index in [-0.39, 0.29) is 5.92 Å². The summed E-state index contributed by atoms with van der Waals surface area (Å²) in [6.45, 7) is 9.81. The van der Waals surface area contributed by atoms with Crippen molar-refractivity contribution in [1.29, 1.82) is 0 Å². The van der Waals surface area contributed by atoms with Gasteiger partial charge in [-0.25, -0.2) is 9.59 Å². The summed E-state index contributed by atoms with van der Waals surface area (Å²) < 4.78 is 11.2. The Morgan fingerprint density at radius 1 is 1.31 bits per heavy atom. The lowest BCUT2D eigenvalue weighted by Crippen LogP contribution is -2.47. The van der Waals surface area contributed by atoms with Crippen LogP contribution in [0.15, 0.2) is 43.0 Å². The van der Waals surface area contributed by atoms with Crippen molar-refractivity contribution in [3.8, 4) is 0 Å². The van der Waals surface area contributed by atoms with Crippen LogP contribution < -0.4 is 0 Å². The maximum Gasteiger partial charge on any atom is 0.411 e. The van der Waals surface area contributed by atoms with Gasteiger partial charge in [-0.05, 0) is 32.8 Å². The average molecular weight is 361 g/mol. The molecule has 0 unspecified atom stereocenters. The number of nitrogens with zero attached hydrogens (tertiary/aromatic N) is 1. The number of carbonyl (C=O) groups excluding carboxylic acids is 1. The molecule has 1 aliphatic heterocycles. The first kappa shape index (κ1) is 20.0. The molecular weight excluding hydrogens is 334 g/mol. The second-order valence-electron chi connectivity index (χ2n) is 7.46. The Labute approximate surface area is 154 Å². The second kappa shape index (κ2) is 8.36. The fourth-order valence-corrected chi connectivity index (χ4v) is 3.13. The molecular formula is C20H27NO5. The van der Waals surface area contributed by atoms with Crippen LogP contribution in [0.3, 0.4) is 0 Å². The number of ether oxygens (including phenoxy) is 2. The van der Waals surface area contributed by atoms with Crippen molar-refractivity contribution in [3.63, 3.8) is 0 Å². The van der Waals surface area contributed by atoms with Crippen molar-refractivity contribution in [2.24, 2.45) is 5.92 Å². The Bertz CT molecular complexity index is 637. The number of rotatable bonds is 6. The second-order valence-corrected chi connectivity index (χ2v) is 7.46. The molecule has 0 radical (unpaired) electrons. The van der Waals surface area contributed by atoms with E-state index >= 15 is 0 Å². The lowest BCUT2D eigenvalue weighted by Gasteiger charge is -2.30. The Hall–Kier alpha value is -2.34. The fraction of sp³-hybridized carbons (Fsp3) is 0.500. The maximum atomic E-state index is 12.5. The third-order valence-electron chi connectivity index (χ3n) is 4.24. The van der Waals surface area contributed by atoms with E-state index < -0.39 is 29.7 Å². The molecule has 1 heterocycles. The van der Waals surface area contributed by atoms with E-state index in [4.69, 9.17) is 9.47 Å². The summed E-state index contributed by atoms with van der Waals surface area (Å²) in [5.74, 6) is -1.20. The van der Waals surface area contributed by atoms with Gasteiger partial charge in [0.1, 0.15) is 11.6 Å². The first-order valence-electron chi connectivity index (χ1n) is 8.71. The van der Waals surface area contributed by atoms with E-state index in [1.165, 1.54) is 4.90 Å². The Balaban J connectivity index is 2.06. The van der Waals surface area contributed by atoms with Gasteiger partial charge in [-0.1, -0.05) is 36.4 Å². The summed E-state index contributed by atoms with van der Waals surface area (Å²) in [4.78, 5) is 25.5. The van der Waals surface area contributed by atoms with E-state index in [1.807, 2.05) is 30.3 Å². The number of benzene rings is 1. The monoisotopic (exact) mass is 361 g/mol. The predicted octanol–water partition coefficient (Wildman–Crippen LogP) is 3.47. The number of hydrogen-bond donors (Lipinski definition) is 1. The van der Waals surface area contributed by atoms with Crippen molar-refractivity contribution >= 4 is 12.1 Å². The Morgan fingerprint density at radius 3 is 2.50 bits per heavy atom. The lowest BCUT2D eigenvalue weighted by molar-refractivity contribution is -0.142. The minimum absolute atomic E-state index is 0.148. The molecule has 6 nitrogen and oxygen atoms in total. The zero-order valence-electron chi connectivity index (χ0n) is 15.6. The van der Waals surface area contributed by atoms with E-state index in [2.05, 4.69) is 6.58 Å². The van der Waals surface area contributed by atoms with Gasteiger partial charge in [-0.3, -0.25) is 4.90 Å². The third kappa shape index (κ3) is 5.08. The smallest absolute Gasteiger partial charge is 0.411 e. The minimum Gasteiger partial charge on any atom is -0.480 e. The van der Waals surface area contributed by atoms with Gasteiger partial charge >= 0.3 is 12.1 Å². The van der Waals surface area contributed by atoms with Crippen LogP contribution in [0, 0.1) is 5.92 Å². The van der Waals surface area contributed by atoms with Crippen LogP contribution in [0.25, 0.3) is 0 Å². The molecule has 0 aliphatic carbocycles. The quantitative estimate of drug-likeness (QED) is 0.785. The number of carboxylic acid groups (broad SMARTS) is 1. The van der Waals surface area contributed by atoms with Gasteiger partial charge in [0.2, 0.25) is 0 Å². The molecule has 2 rings (SSSR count). The van der Waals surface area contributed by atoms with E-state index in [0.29, 0.717) is 19.6 Å². The number of carboxylic acids is 1. The van der Waals surface area contributed by atoms with Crippen molar-refractivity contribution in [2.45, 2.75) is 51.5 Å². The highest BCUT2D eigenvalue weighted by atomic mass is 16.6. The Kier molecular flexibility index (Phi) is 6.42. The summed E-state index contributed by atoms with van der Waals surface area (Å²) in [7, 11) is 0. The summed E-state index contributed by atoms with van der Waals surface area (Å²) in [5, 5.41) is 9.54. The number of amides is 1. The number of carbonyl (C=O) groups is 2. The normalized spacial score (nSPS) is 22.9. The average Bonchev–Trinajstić information content (AvgIpc) is 2.93. The van der Waals surface area contributed by atoms with Crippen LogP contribution in [0.4, 0.5) is 4.79 Å². The first-order chi connectivity index (χ1) is 12.2. The lowest BCUT2D eigenvalue weighted by atomic mass is 10.00. The molecule has 1 fully saturated rings. The van der Waals surface area contributed by atoms with E-state index in [1.54, 1.807) is 26.8 Å². The number of likely N-dealkylation sites (tertiary alicyclic amines) is 1. The molecule has 1 saturated heterocycles. The molecule has 6 heteroatoms. The third-order valence-corrected chi connectivity index (χ3v) is 4.24. The zero-order chi connectivity index (χ0) is 19.3. The van der Waals surface area contributed by atoms with Crippen molar-refractivity contribution < 1.29 is 24.2 Å². The highest BCUT2D eigenvalue weighted by Crippen LogP contribution is 2.33. The topological polar surface area (TPSA) is 76.1 Å². The van der Waals surface area contributed by atoms with E-state index in [9.17, 15) is 14.7 Å². The molecule has 26 heavy (non-hydrogen) atoms. The minimum atomic E-state index is -1.05. The van der Waals surface area contributed by atoms with Crippen molar-refractivity contribution in [1.82, 2.24) is 4.90 Å². The Morgan fingerprint density at radius 2 is 1.96 bits per heavy atom. The molecule has 1 aliphatic rings. The van der Waals surface area contributed by atoms with Gasteiger partial charge in [-0.15, -0.1) is 6.58 Å². The fourth-order valence-electron chi connectivity index (χ4n) is 3.13. The summed E-state index contributed by atoms with van der Waals surface area (Å²) in [6, 6.07) is 8.35. The molecule has 0 saturated carbocycles. The summed E-state index contributed by atoms with van der Waals surface area (Å²) in [6.07, 6.45) is 1.27. The standard InChI is InChI=1S/C20H27NO5/c1-5-16-15(13-25-12-14-9-7-6-8-10-14)11-17(18(22)23)21(16)19(24)26-20(2,3)4/h5-10,15-17H,1,11-13H2,2-4H3,(H,22,23)/t15-,16-,17+/m1/s1. The molecule has 142 valence electrons. The van der Waals surface area contributed by atoms with Crippen LogP contribution in [0.1, 0.15) is 32.8 Å². The van der Waals surface area contributed by atoms with Crippen LogP contribution in [-0.4, -0.2) is 46.4 Å². The molecule has 1 amide bonds. The SMILES string of the molecule is C=C[C@@H]1[C@@H](COCc2ccccc2)C[C@@H](C(=O)O)N1C(=O)OC(C)(C)C. The molecule has 0 aromatic heterocycles. The van der Waals surface area contributed by atoms with Gasteiger partial charge in [0.05, 0.1) is 19.3 Å². The summed E-state index contributed by atoms with van der Waals surface area (Å²) in [5.41, 5.74) is 0.340. The van der Waals surface area contributed by atoms with Crippen molar-refractivity contribution in [3.05, 3.63) is 48.6 Å². The highest BCUT2D eigenvalue weighted by molar-refractivity contribution is 5.81. The number of hydrogen-bond acceptors (Lipinski definition) is 4. The van der Waals surface area contributed by atoms with Crippen molar-refractivity contribution in [2.75, 3.05) is 6.61 Å².